The molecule has 154 valence electrons. The van der Waals surface area contributed by atoms with Gasteiger partial charge >= 0.3 is 0 Å². The van der Waals surface area contributed by atoms with Crippen molar-refractivity contribution in [3.8, 4) is 0 Å². The minimum absolute atomic E-state index is 0.0693. The van der Waals surface area contributed by atoms with Crippen LogP contribution in [0.4, 0.5) is 0 Å². The van der Waals surface area contributed by atoms with Gasteiger partial charge in [0.05, 0.1) is 19.0 Å². The number of aliphatic hydroxyl groups excluding tert-OH is 1. The van der Waals surface area contributed by atoms with E-state index < -0.39 is 0 Å². The van der Waals surface area contributed by atoms with E-state index in [-0.39, 0.29) is 17.4 Å². The van der Waals surface area contributed by atoms with Crippen LogP contribution in [0.15, 0.2) is 18.7 Å². The number of imidazole rings is 1. The molecule has 1 aromatic rings. The van der Waals surface area contributed by atoms with Gasteiger partial charge in [0, 0.05) is 18.3 Å². The van der Waals surface area contributed by atoms with Crippen LogP contribution in [0.5, 0.6) is 0 Å². The average molecular weight is 385 g/mol. The molecule has 5 rings (SSSR count). The standard InChI is InChI=1S/C24H36N2O2/c1-23-9-7-17(27)13-16(23)3-4-18-19-5-6-21(24(19,2)10-8-20(18)23)22(28)14-26-12-11-25-15-26/h11-12,15-21,27H,3-10,13-14H2,1-2H3/t16-,17-,18+,19+,20+,21-,23+,24+/m1/s1. The van der Waals surface area contributed by atoms with E-state index in [2.05, 4.69) is 18.8 Å². The minimum Gasteiger partial charge on any atom is -0.393 e. The first-order chi connectivity index (χ1) is 13.4. The van der Waals surface area contributed by atoms with Crippen LogP contribution in [-0.4, -0.2) is 26.5 Å². The van der Waals surface area contributed by atoms with Gasteiger partial charge in [-0.3, -0.25) is 4.79 Å². The Morgan fingerprint density at radius 3 is 2.64 bits per heavy atom. The summed E-state index contributed by atoms with van der Waals surface area (Å²) in [5.74, 6) is 3.66. The predicted molar refractivity (Wildman–Crippen MR) is 108 cm³/mol. The van der Waals surface area contributed by atoms with E-state index in [0.29, 0.717) is 29.6 Å². The molecular formula is C24H36N2O2. The molecule has 8 atom stereocenters. The highest BCUT2D eigenvalue weighted by molar-refractivity contribution is 5.82. The average Bonchev–Trinajstić information content (AvgIpc) is 3.29. The number of hydrogen-bond donors (Lipinski definition) is 1. The van der Waals surface area contributed by atoms with Gasteiger partial charge in [-0.05, 0) is 92.3 Å². The lowest BCUT2D eigenvalue weighted by molar-refractivity contribution is -0.140. The second kappa shape index (κ2) is 6.68. The lowest BCUT2D eigenvalue weighted by Gasteiger charge is -2.60. The number of ketones is 1. The zero-order valence-electron chi connectivity index (χ0n) is 17.5. The second-order valence-electron chi connectivity index (χ2n) is 11.0. The van der Waals surface area contributed by atoms with Gasteiger partial charge in [-0.1, -0.05) is 13.8 Å². The van der Waals surface area contributed by atoms with E-state index in [1.54, 1.807) is 12.5 Å². The van der Waals surface area contributed by atoms with Crippen LogP contribution in [0.1, 0.15) is 71.6 Å². The smallest absolute Gasteiger partial charge is 0.156 e. The minimum atomic E-state index is -0.0693. The summed E-state index contributed by atoms with van der Waals surface area (Å²) in [5, 5.41) is 10.2. The molecule has 4 heteroatoms. The predicted octanol–water partition coefficient (Wildman–Crippen LogP) is 4.47. The number of fused-ring (bicyclic) bond motifs is 5. The molecule has 4 fully saturated rings. The van der Waals surface area contributed by atoms with E-state index in [0.717, 1.165) is 31.1 Å². The first kappa shape index (κ1) is 18.8. The third kappa shape index (κ3) is 2.74. The first-order valence-electron chi connectivity index (χ1n) is 11.6. The van der Waals surface area contributed by atoms with Crippen LogP contribution in [-0.2, 0) is 11.3 Å². The number of aliphatic hydroxyl groups is 1. The molecule has 0 unspecified atom stereocenters. The maximum Gasteiger partial charge on any atom is 0.156 e. The van der Waals surface area contributed by atoms with Gasteiger partial charge in [0.25, 0.3) is 0 Å². The maximum absolute atomic E-state index is 13.2. The van der Waals surface area contributed by atoms with E-state index in [4.69, 9.17) is 0 Å². The Labute approximate surface area is 169 Å². The summed E-state index contributed by atoms with van der Waals surface area (Å²) >= 11 is 0. The van der Waals surface area contributed by atoms with Gasteiger partial charge < -0.3 is 9.67 Å². The molecule has 0 aliphatic heterocycles. The number of aromatic nitrogens is 2. The molecule has 4 saturated carbocycles. The molecule has 4 nitrogen and oxygen atoms in total. The molecule has 0 amide bonds. The van der Waals surface area contributed by atoms with Crippen molar-refractivity contribution in [3.63, 3.8) is 0 Å². The van der Waals surface area contributed by atoms with E-state index in [1.807, 2.05) is 10.8 Å². The monoisotopic (exact) mass is 384 g/mol. The summed E-state index contributed by atoms with van der Waals surface area (Å²) < 4.78 is 1.93. The Hall–Kier alpha value is -1.16. The van der Waals surface area contributed by atoms with Crippen molar-refractivity contribution in [2.24, 2.45) is 40.4 Å². The fourth-order valence-corrected chi connectivity index (χ4v) is 8.43. The van der Waals surface area contributed by atoms with E-state index in [1.165, 1.54) is 38.5 Å². The zero-order valence-corrected chi connectivity index (χ0v) is 17.5. The number of carbonyl (C=O) groups excluding carboxylic acids is 1. The summed E-state index contributed by atoms with van der Waals surface area (Å²) in [6.07, 6.45) is 16.0. The molecule has 1 aromatic heterocycles. The van der Waals surface area contributed by atoms with Crippen LogP contribution in [0, 0.1) is 40.4 Å². The molecule has 28 heavy (non-hydrogen) atoms. The highest BCUT2D eigenvalue weighted by Gasteiger charge is 2.61. The van der Waals surface area contributed by atoms with Crippen molar-refractivity contribution in [1.29, 1.82) is 0 Å². The zero-order chi connectivity index (χ0) is 19.5. The van der Waals surface area contributed by atoms with Crippen molar-refractivity contribution >= 4 is 5.78 Å². The van der Waals surface area contributed by atoms with Gasteiger partial charge in [0.1, 0.15) is 0 Å². The molecule has 1 heterocycles. The first-order valence-corrected chi connectivity index (χ1v) is 11.6. The van der Waals surface area contributed by atoms with Crippen LogP contribution >= 0.6 is 0 Å². The number of hydrogen-bond acceptors (Lipinski definition) is 3. The molecular weight excluding hydrogens is 348 g/mol. The molecule has 4 aliphatic rings. The third-order valence-corrected chi connectivity index (χ3v) is 9.92. The van der Waals surface area contributed by atoms with Crippen molar-refractivity contribution in [1.82, 2.24) is 9.55 Å². The SMILES string of the molecule is C[C@]12CC[C@@H](O)C[C@H]1CC[C@@H]1[C@@H]2CC[C@]2(C)[C@@H](C(=O)Cn3ccnc3)CC[C@@H]12. The summed E-state index contributed by atoms with van der Waals surface area (Å²) in [6.45, 7) is 5.47. The lowest BCUT2D eigenvalue weighted by atomic mass is 9.44. The van der Waals surface area contributed by atoms with Gasteiger partial charge in [0.2, 0.25) is 0 Å². The largest absolute Gasteiger partial charge is 0.393 e. The quantitative estimate of drug-likeness (QED) is 0.836. The summed E-state index contributed by atoms with van der Waals surface area (Å²) in [7, 11) is 0. The normalized spacial score (nSPS) is 47.8. The second-order valence-corrected chi connectivity index (χ2v) is 11.0. The Bertz CT molecular complexity index is 731. The molecule has 0 spiro atoms. The summed E-state index contributed by atoms with van der Waals surface area (Å²) in [6, 6.07) is 0. The van der Waals surface area contributed by atoms with Gasteiger partial charge in [-0.2, -0.15) is 0 Å². The maximum atomic E-state index is 13.2. The van der Waals surface area contributed by atoms with E-state index in [9.17, 15) is 9.90 Å². The fraction of sp³-hybridized carbons (Fsp3) is 0.833. The molecule has 0 aromatic carbocycles. The van der Waals surface area contributed by atoms with Crippen molar-refractivity contribution in [2.45, 2.75) is 84.3 Å². The highest BCUT2D eigenvalue weighted by atomic mass is 16.3. The number of carbonyl (C=O) groups is 1. The topological polar surface area (TPSA) is 55.1 Å². The van der Waals surface area contributed by atoms with E-state index >= 15 is 0 Å². The van der Waals surface area contributed by atoms with Crippen LogP contribution < -0.4 is 0 Å². The lowest BCUT2D eigenvalue weighted by Crippen LogP contribution is -2.54. The molecule has 4 aliphatic carbocycles. The van der Waals surface area contributed by atoms with Gasteiger partial charge in [-0.15, -0.1) is 0 Å². The summed E-state index contributed by atoms with van der Waals surface area (Å²) in [4.78, 5) is 17.3. The summed E-state index contributed by atoms with van der Waals surface area (Å²) in [5.41, 5.74) is 0.610. The molecule has 0 saturated heterocycles. The third-order valence-electron chi connectivity index (χ3n) is 9.92. The molecule has 0 bridgehead atoms. The molecule has 1 N–H and O–H groups in total. The van der Waals surface area contributed by atoms with Crippen molar-refractivity contribution in [3.05, 3.63) is 18.7 Å². The number of Topliss-reactive ketones (excluding diaryl/α,β-unsaturated/α-hetero) is 1. The van der Waals surface area contributed by atoms with Gasteiger partial charge in [-0.25, -0.2) is 4.98 Å². The van der Waals surface area contributed by atoms with Gasteiger partial charge in [0.15, 0.2) is 5.78 Å². The highest BCUT2D eigenvalue weighted by Crippen LogP contribution is 2.67. The van der Waals surface area contributed by atoms with Crippen LogP contribution in [0.25, 0.3) is 0 Å². The Balaban J connectivity index is 1.36. The van der Waals surface area contributed by atoms with Crippen molar-refractivity contribution < 1.29 is 9.90 Å². The van der Waals surface area contributed by atoms with Crippen LogP contribution in [0.3, 0.4) is 0 Å². The Morgan fingerprint density at radius 1 is 1.07 bits per heavy atom. The number of rotatable bonds is 3. The fourth-order valence-electron chi connectivity index (χ4n) is 8.43. The molecule has 0 radical (unpaired) electrons. The Kier molecular flexibility index (Phi) is 4.50. The number of nitrogens with zero attached hydrogens (tertiary/aromatic N) is 2. The van der Waals surface area contributed by atoms with Crippen LogP contribution in [0.2, 0.25) is 0 Å². The Morgan fingerprint density at radius 2 is 1.86 bits per heavy atom. The van der Waals surface area contributed by atoms with Crippen molar-refractivity contribution in [2.75, 3.05) is 0 Å².